The number of benzene rings is 1. The van der Waals surface area contributed by atoms with Crippen LogP contribution in [0.25, 0.3) is 0 Å². The van der Waals surface area contributed by atoms with E-state index < -0.39 is 0 Å². The molecule has 1 saturated heterocycles. The molecule has 1 aliphatic rings. The number of nitrogens with zero attached hydrogens (tertiary/aromatic N) is 2. The first-order valence-electron chi connectivity index (χ1n) is 7.78. The van der Waals surface area contributed by atoms with E-state index in [0.717, 1.165) is 56.5 Å². The molecule has 1 aliphatic heterocycles. The maximum atomic E-state index is 5.76. The zero-order valence-corrected chi connectivity index (χ0v) is 14.2. The molecule has 0 spiro atoms. The zero-order valence-electron chi connectivity index (χ0n) is 14.2. The first-order valence-corrected chi connectivity index (χ1v) is 7.78. The Hall–Kier alpha value is -1.30. The smallest absolute Gasteiger partial charge is 0.127 e. The maximum Gasteiger partial charge on any atom is 0.127 e. The van der Waals surface area contributed by atoms with Crippen molar-refractivity contribution in [1.82, 2.24) is 9.80 Å². The van der Waals surface area contributed by atoms with Crippen molar-refractivity contribution in [2.75, 3.05) is 61.2 Å². The first kappa shape index (κ1) is 17.1. The molecule has 5 heteroatoms. The third kappa shape index (κ3) is 4.60. The molecule has 0 saturated carbocycles. The third-order valence-corrected chi connectivity index (χ3v) is 3.96. The van der Waals surface area contributed by atoms with Crippen molar-refractivity contribution in [3.63, 3.8) is 0 Å². The zero-order chi connectivity index (χ0) is 15.9. The Bertz CT molecular complexity index is 443. The van der Waals surface area contributed by atoms with E-state index in [1.54, 1.807) is 14.2 Å². The molecule has 0 bridgehead atoms. The minimum Gasteiger partial charge on any atom is -0.496 e. The first-order chi connectivity index (χ1) is 10.6. The fourth-order valence-electron chi connectivity index (χ4n) is 3.03. The summed E-state index contributed by atoms with van der Waals surface area (Å²) in [5, 5.41) is 0. The van der Waals surface area contributed by atoms with Gasteiger partial charge in [-0.1, -0.05) is 6.07 Å². The Morgan fingerprint density at radius 2 is 1.91 bits per heavy atom. The summed E-state index contributed by atoms with van der Waals surface area (Å²) in [6.45, 7) is 5.43. The van der Waals surface area contributed by atoms with Crippen molar-refractivity contribution in [1.29, 1.82) is 0 Å². The predicted molar refractivity (Wildman–Crippen MR) is 87.7 cm³/mol. The van der Waals surface area contributed by atoms with Crippen molar-refractivity contribution >= 4 is 0 Å². The van der Waals surface area contributed by atoms with E-state index in [9.17, 15) is 0 Å². The van der Waals surface area contributed by atoms with Gasteiger partial charge >= 0.3 is 0 Å². The molecule has 1 aromatic rings. The number of hydrogen-bond donors (Lipinski definition) is 0. The van der Waals surface area contributed by atoms with Crippen LogP contribution in [-0.4, -0.2) is 71.0 Å². The van der Waals surface area contributed by atoms with Crippen LogP contribution in [0.3, 0.4) is 0 Å². The Morgan fingerprint density at radius 1 is 1.23 bits per heavy atom. The quantitative estimate of drug-likeness (QED) is 0.799. The molecule has 0 N–H and O–H groups in total. The lowest BCUT2D eigenvalue weighted by Crippen LogP contribution is -2.34. The SMILES string of the molecule is COc1cccc(OC)c1CN1CCOC[C@@H](CN(C)C)C1. The fraction of sp³-hybridized carbons (Fsp3) is 0.647. The van der Waals surface area contributed by atoms with E-state index in [2.05, 4.69) is 23.9 Å². The molecule has 0 aromatic heterocycles. The van der Waals surface area contributed by atoms with E-state index >= 15 is 0 Å². The van der Waals surface area contributed by atoms with Gasteiger partial charge in [-0.2, -0.15) is 0 Å². The van der Waals surface area contributed by atoms with Crippen molar-refractivity contribution in [2.45, 2.75) is 6.54 Å². The highest BCUT2D eigenvalue weighted by atomic mass is 16.5. The number of ether oxygens (including phenoxy) is 3. The van der Waals surface area contributed by atoms with E-state index in [1.807, 2.05) is 18.2 Å². The second-order valence-electron chi connectivity index (χ2n) is 6.08. The van der Waals surface area contributed by atoms with Gasteiger partial charge in [0.15, 0.2) is 0 Å². The van der Waals surface area contributed by atoms with Crippen LogP contribution in [0, 0.1) is 5.92 Å². The van der Waals surface area contributed by atoms with E-state index in [-0.39, 0.29) is 0 Å². The summed E-state index contributed by atoms with van der Waals surface area (Å²) in [5.41, 5.74) is 1.11. The number of hydrogen-bond acceptors (Lipinski definition) is 5. The Balaban J connectivity index is 2.11. The molecule has 0 unspecified atom stereocenters. The highest BCUT2D eigenvalue weighted by Gasteiger charge is 2.21. The fourth-order valence-corrected chi connectivity index (χ4v) is 3.03. The lowest BCUT2D eigenvalue weighted by atomic mass is 10.1. The van der Waals surface area contributed by atoms with E-state index in [4.69, 9.17) is 14.2 Å². The largest absolute Gasteiger partial charge is 0.496 e. The van der Waals surface area contributed by atoms with E-state index in [0.29, 0.717) is 5.92 Å². The second-order valence-corrected chi connectivity index (χ2v) is 6.08. The molecule has 2 rings (SSSR count). The molecule has 1 aromatic carbocycles. The van der Waals surface area contributed by atoms with Crippen LogP contribution in [0.1, 0.15) is 5.56 Å². The minimum atomic E-state index is 0.526. The van der Waals surface area contributed by atoms with Gasteiger partial charge in [-0.25, -0.2) is 0 Å². The monoisotopic (exact) mass is 308 g/mol. The Kier molecular flexibility index (Phi) is 6.49. The van der Waals surface area contributed by atoms with Crippen LogP contribution < -0.4 is 9.47 Å². The molecule has 0 aliphatic carbocycles. The summed E-state index contributed by atoms with van der Waals surface area (Å²) in [6.07, 6.45) is 0. The average Bonchev–Trinajstić information content (AvgIpc) is 2.72. The lowest BCUT2D eigenvalue weighted by Gasteiger charge is -2.26. The summed E-state index contributed by atoms with van der Waals surface area (Å²) < 4.78 is 16.8. The van der Waals surface area contributed by atoms with Crippen molar-refractivity contribution in [3.8, 4) is 11.5 Å². The van der Waals surface area contributed by atoms with E-state index in [1.165, 1.54) is 0 Å². The van der Waals surface area contributed by atoms with Gasteiger partial charge in [0.25, 0.3) is 0 Å². The molecule has 1 atom stereocenters. The lowest BCUT2D eigenvalue weighted by molar-refractivity contribution is 0.112. The predicted octanol–water partition coefficient (Wildman–Crippen LogP) is 1.71. The summed E-state index contributed by atoms with van der Waals surface area (Å²) in [6, 6.07) is 5.94. The summed E-state index contributed by atoms with van der Waals surface area (Å²) in [5.74, 6) is 2.29. The van der Waals surface area contributed by atoms with Crippen LogP contribution in [0.15, 0.2) is 18.2 Å². The Morgan fingerprint density at radius 3 is 2.50 bits per heavy atom. The van der Waals surface area contributed by atoms with Crippen LogP contribution in [0.4, 0.5) is 0 Å². The van der Waals surface area contributed by atoms with Gasteiger partial charge < -0.3 is 19.1 Å². The molecule has 1 fully saturated rings. The average molecular weight is 308 g/mol. The van der Waals surface area contributed by atoms with Crippen LogP contribution >= 0.6 is 0 Å². The van der Waals surface area contributed by atoms with Gasteiger partial charge in [0.05, 0.1) is 33.0 Å². The van der Waals surface area contributed by atoms with Gasteiger partial charge in [0.1, 0.15) is 11.5 Å². The highest BCUT2D eigenvalue weighted by Crippen LogP contribution is 2.30. The molecular weight excluding hydrogens is 280 g/mol. The van der Waals surface area contributed by atoms with Crippen LogP contribution in [-0.2, 0) is 11.3 Å². The van der Waals surface area contributed by atoms with Crippen LogP contribution in [0.2, 0.25) is 0 Å². The van der Waals surface area contributed by atoms with Crippen molar-refractivity contribution in [2.24, 2.45) is 5.92 Å². The minimum absolute atomic E-state index is 0.526. The van der Waals surface area contributed by atoms with Gasteiger partial charge in [-0.05, 0) is 26.2 Å². The van der Waals surface area contributed by atoms with Gasteiger partial charge in [0.2, 0.25) is 0 Å². The highest BCUT2D eigenvalue weighted by molar-refractivity contribution is 5.44. The van der Waals surface area contributed by atoms with Crippen molar-refractivity contribution < 1.29 is 14.2 Å². The number of rotatable bonds is 6. The van der Waals surface area contributed by atoms with Gasteiger partial charge in [-0.3, -0.25) is 4.90 Å². The molecule has 22 heavy (non-hydrogen) atoms. The summed E-state index contributed by atoms with van der Waals surface area (Å²) >= 11 is 0. The molecule has 0 amide bonds. The standard InChI is InChI=1S/C17H28N2O3/c1-18(2)10-14-11-19(8-9-22-13-14)12-15-16(20-3)6-5-7-17(15)21-4/h5-7,14H,8-13H2,1-4H3/t14-/m0/s1. The molecular formula is C17H28N2O3. The topological polar surface area (TPSA) is 34.2 Å². The number of methoxy groups -OCH3 is 2. The van der Waals surface area contributed by atoms with Crippen molar-refractivity contribution in [3.05, 3.63) is 23.8 Å². The van der Waals surface area contributed by atoms with Gasteiger partial charge in [-0.15, -0.1) is 0 Å². The van der Waals surface area contributed by atoms with Gasteiger partial charge in [0, 0.05) is 32.1 Å². The molecule has 1 heterocycles. The molecule has 0 radical (unpaired) electrons. The van der Waals surface area contributed by atoms with Crippen LogP contribution in [0.5, 0.6) is 11.5 Å². The normalized spacial score (nSPS) is 20.0. The third-order valence-electron chi connectivity index (χ3n) is 3.96. The molecule has 5 nitrogen and oxygen atoms in total. The summed E-state index contributed by atoms with van der Waals surface area (Å²) in [7, 11) is 7.63. The molecule has 124 valence electrons. The second kappa shape index (κ2) is 8.36. The summed E-state index contributed by atoms with van der Waals surface area (Å²) in [4.78, 5) is 4.66. The maximum absolute atomic E-state index is 5.76. The Labute approximate surface area is 133 Å².